The molecule has 2 heterocycles. The van der Waals surface area contributed by atoms with E-state index in [4.69, 9.17) is 9.73 Å². The van der Waals surface area contributed by atoms with Gasteiger partial charge in [-0.2, -0.15) is 0 Å². The van der Waals surface area contributed by atoms with Gasteiger partial charge in [-0.25, -0.2) is 0 Å². The molecule has 0 N–H and O–H groups in total. The van der Waals surface area contributed by atoms with Crippen molar-refractivity contribution < 1.29 is 4.74 Å². The zero-order chi connectivity index (χ0) is 17.5. The highest BCUT2D eigenvalue weighted by molar-refractivity contribution is 6.08. The van der Waals surface area contributed by atoms with Crippen molar-refractivity contribution in [2.24, 2.45) is 4.99 Å². The first-order valence-corrected chi connectivity index (χ1v) is 8.97. The second-order valence-electron chi connectivity index (χ2n) is 6.74. The maximum absolute atomic E-state index is 5.61. The van der Waals surface area contributed by atoms with E-state index in [0.29, 0.717) is 12.1 Å². The van der Waals surface area contributed by atoms with E-state index in [1.165, 1.54) is 16.8 Å². The summed E-state index contributed by atoms with van der Waals surface area (Å²) in [4.78, 5) is 7.59. The molecular formula is C23H20N2O. The summed E-state index contributed by atoms with van der Waals surface area (Å²) in [7, 11) is 1.73. The number of fused-ring (bicyclic) bond motifs is 1. The average Bonchev–Trinajstić information content (AvgIpc) is 3.33. The quantitative estimate of drug-likeness (QED) is 0.647. The lowest BCUT2D eigenvalue weighted by molar-refractivity contribution is 0.366. The van der Waals surface area contributed by atoms with E-state index in [1.807, 2.05) is 12.1 Å². The summed E-state index contributed by atoms with van der Waals surface area (Å²) in [5.74, 6) is 0.896. The van der Waals surface area contributed by atoms with E-state index in [1.54, 1.807) is 7.11 Å². The minimum Gasteiger partial charge on any atom is -0.496 e. The standard InChI is InChI=1S/C23H20N2O/c1-26-19-15-9-8-14-18(19)23-24-20(16-10-4-2-5-11-16)22-21(25(22)23)17-12-6-3-7-13-17/h2-15,21-23H,1H3/t21-,22+,23-,25?/m1/s1. The van der Waals surface area contributed by atoms with Crippen LogP contribution in [-0.4, -0.2) is 23.8 Å². The summed E-state index contributed by atoms with van der Waals surface area (Å²) in [5, 5.41) is 0. The van der Waals surface area contributed by atoms with Crippen molar-refractivity contribution in [2.45, 2.75) is 18.2 Å². The molecule has 0 saturated carbocycles. The maximum atomic E-state index is 5.61. The van der Waals surface area contributed by atoms with E-state index in [2.05, 4.69) is 77.7 Å². The highest BCUT2D eigenvalue weighted by Gasteiger charge is 2.59. The number of nitrogens with zero attached hydrogens (tertiary/aromatic N) is 2. The number of rotatable bonds is 4. The SMILES string of the molecule is COc1ccccc1[C@@H]1N=C(c2ccccc2)[C@H]2[C@@H](c3ccccc3)N12. The van der Waals surface area contributed by atoms with E-state index in [9.17, 15) is 0 Å². The van der Waals surface area contributed by atoms with Crippen LogP contribution >= 0.6 is 0 Å². The third-order valence-corrected chi connectivity index (χ3v) is 5.30. The van der Waals surface area contributed by atoms with Gasteiger partial charge < -0.3 is 4.74 Å². The van der Waals surface area contributed by atoms with E-state index < -0.39 is 0 Å². The molecule has 3 heteroatoms. The van der Waals surface area contributed by atoms with Gasteiger partial charge in [-0.1, -0.05) is 78.9 Å². The molecule has 1 fully saturated rings. The van der Waals surface area contributed by atoms with E-state index in [-0.39, 0.29) is 6.17 Å². The van der Waals surface area contributed by atoms with Gasteiger partial charge in [-0.3, -0.25) is 9.89 Å². The molecule has 3 nitrogen and oxygen atoms in total. The van der Waals surface area contributed by atoms with E-state index in [0.717, 1.165) is 11.3 Å². The fourth-order valence-electron chi connectivity index (χ4n) is 4.09. The molecule has 3 aromatic carbocycles. The number of aliphatic imine (C=N–C) groups is 1. The first-order valence-electron chi connectivity index (χ1n) is 8.97. The summed E-state index contributed by atoms with van der Waals surface area (Å²) in [6.07, 6.45) is -0.00318. The zero-order valence-electron chi connectivity index (χ0n) is 14.6. The third kappa shape index (κ3) is 2.36. The van der Waals surface area contributed by atoms with Crippen LogP contribution in [0.25, 0.3) is 0 Å². The molecule has 4 atom stereocenters. The summed E-state index contributed by atoms with van der Waals surface area (Å²) in [6, 6.07) is 30.2. The smallest absolute Gasteiger partial charge is 0.133 e. The Kier molecular flexibility index (Phi) is 3.61. The topological polar surface area (TPSA) is 24.6 Å². The molecule has 2 aliphatic heterocycles. The molecule has 0 spiro atoms. The number of methoxy groups -OCH3 is 1. The highest BCUT2D eigenvalue weighted by Crippen LogP contribution is 2.56. The van der Waals surface area contributed by atoms with Crippen molar-refractivity contribution in [1.82, 2.24) is 4.90 Å². The minimum absolute atomic E-state index is 0.00318. The molecule has 26 heavy (non-hydrogen) atoms. The van der Waals surface area contributed by atoms with Gasteiger partial charge in [-0.05, 0) is 17.2 Å². The van der Waals surface area contributed by atoms with Crippen molar-refractivity contribution in [1.29, 1.82) is 0 Å². The number of hydrogen-bond donors (Lipinski definition) is 0. The second kappa shape index (κ2) is 6.11. The molecule has 2 aliphatic rings. The molecular weight excluding hydrogens is 320 g/mol. The monoisotopic (exact) mass is 340 g/mol. The zero-order valence-corrected chi connectivity index (χ0v) is 14.6. The normalized spacial score (nSPS) is 26.1. The van der Waals surface area contributed by atoms with Crippen molar-refractivity contribution >= 4 is 5.71 Å². The fraction of sp³-hybridized carbons (Fsp3) is 0.174. The number of ether oxygens (including phenoxy) is 1. The lowest BCUT2D eigenvalue weighted by Gasteiger charge is -2.17. The summed E-state index contributed by atoms with van der Waals surface area (Å²) in [5.41, 5.74) is 4.86. The molecule has 1 saturated heterocycles. The van der Waals surface area contributed by atoms with Gasteiger partial charge in [0.05, 0.1) is 24.9 Å². The molecule has 1 unspecified atom stereocenters. The Morgan fingerprint density at radius 1 is 0.769 bits per heavy atom. The highest BCUT2D eigenvalue weighted by atomic mass is 16.5. The van der Waals surface area contributed by atoms with Crippen LogP contribution < -0.4 is 4.74 Å². The Morgan fingerprint density at radius 3 is 2.15 bits per heavy atom. The fourth-order valence-corrected chi connectivity index (χ4v) is 4.09. The van der Waals surface area contributed by atoms with Gasteiger partial charge >= 0.3 is 0 Å². The summed E-state index contributed by atoms with van der Waals surface area (Å²) >= 11 is 0. The molecule has 0 amide bonds. The first-order chi connectivity index (χ1) is 12.9. The average molecular weight is 340 g/mol. The molecule has 5 rings (SSSR count). The summed E-state index contributed by atoms with van der Waals surface area (Å²) < 4.78 is 5.61. The Balaban J connectivity index is 1.60. The van der Waals surface area contributed by atoms with Crippen LogP contribution in [-0.2, 0) is 0 Å². The minimum atomic E-state index is -0.00318. The number of hydrogen-bond acceptors (Lipinski definition) is 3. The van der Waals surface area contributed by atoms with Crippen molar-refractivity contribution in [3.63, 3.8) is 0 Å². The van der Waals surface area contributed by atoms with Crippen LogP contribution in [0.3, 0.4) is 0 Å². The number of para-hydroxylation sites is 1. The van der Waals surface area contributed by atoms with Crippen molar-refractivity contribution in [3.8, 4) is 5.75 Å². The van der Waals surface area contributed by atoms with Gasteiger partial charge in [0.25, 0.3) is 0 Å². The van der Waals surface area contributed by atoms with Gasteiger partial charge in [0.1, 0.15) is 11.9 Å². The van der Waals surface area contributed by atoms with Gasteiger partial charge in [-0.15, -0.1) is 0 Å². The second-order valence-corrected chi connectivity index (χ2v) is 6.74. The molecule has 0 radical (unpaired) electrons. The van der Waals surface area contributed by atoms with Crippen LogP contribution in [0.15, 0.2) is 89.9 Å². The van der Waals surface area contributed by atoms with Crippen LogP contribution in [0.1, 0.15) is 28.9 Å². The lowest BCUT2D eigenvalue weighted by Crippen LogP contribution is -2.08. The molecule has 0 bridgehead atoms. The Hall–Kier alpha value is -2.91. The molecule has 128 valence electrons. The third-order valence-electron chi connectivity index (χ3n) is 5.30. The Labute approximate surface area is 153 Å². The van der Waals surface area contributed by atoms with Crippen molar-refractivity contribution in [2.75, 3.05) is 7.11 Å². The van der Waals surface area contributed by atoms with Gasteiger partial charge in [0.2, 0.25) is 0 Å². The number of benzene rings is 3. The largest absolute Gasteiger partial charge is 0.496 e. The first kappa shape index (κ1) is 15.4. The van der Waals surface area contributed by atoms with Crippen molar-refractivity contribution in [3.05, 3.63) is 102 Å². The predicted octanol–water partition coefficient (Wildman–Crippen LogP) is 4.62. The maximum Gasteiger partial charge on any atom is 0.133 e. The Morgan fingerprint density at radius 2 is 1.42 bits per heavy atom. The van der Waals surface area contributed by atoms with E-state index >= 15 is 0 Å². The molecule has 0 aliphatic carbocycles. The molecule has 3 aromatic rings. The lowest BCUT2D eigenvalue weighted by atomic mass is 10.0. The van der Waals surface area contributed by atoms with Crippen LogP contribution in [0.4, 0.5) is 0 Å². The van der Waals surface area contributed by atoms with Gasteiger partial charge in [0.15, 0.2) is 0 Å². The molecule has 0 aromatic heterocycles. The van der Waals surface area contributed by atoms with Gasteiger partial charge in [0, 0.05) is 5.56 Å². The summed E-state index contributed by atoms with van der Waals surface area (Å²) in [6.45, 7) is 0. The van der Waals surface area contributed by atoms with Crippen LogP contribution in [0.5, 0.6) is 5.75 Å². The van der Waals surface area contributed by atoms with Crippen LogP contribution in [0, 0.1) is 0 Å². The van der Waals surface area contributed by atoms with Crippen LogP contribution in [0.2, 0.25) is 0 Å². The Bertz CT molecular complexity index is 952. The predicted molar refractivity (Wildman–Crippen MR) is 104 cm³/mol.